The Kier molecular flexibility index (Phi) is 6.08. The molecule has 0 saturated carbocycles. The van der Waals surface area contributed by atoms with E-state index in [-0.39, 0.29) is 11.9 Å². The molecule has 0 radical (unpaired) electrons. The van der Waals surface area contributed by atoms with Gasteiger partial charge in [0.2, 0.25) is 5.91 Å². The molecule has 3 aromatic rings. The molecule has 1 fully saturated rings. The number of carbonyl (C=O) groups is 2. The minimum absolute atomic E-state index is 0.213. The normalized spacial score (nSPS) is 13.5. The van der Waals surface area contributed by atoms with Crippen LogP contribution in [0.25, 0.3) is 0 Å². The van der Waals surface area contributed by atoms with Gasteiger partial charge in [-0.3, -0.25) is 14.8 Å². The molecule has 1 saturated heterocycles. The van der Waals surface area contributed by atoms with Crippen LogP contribution in [0.2, 0.25) is 0 Å². The van der Waals surface area contributed by atoms with E-state index in [0.717, 1.165) is 29.7 Å². The number of benzene rings is 2. The van der Waals surface area contributed by atoms with Crippen LogP contribution in [0.4, 0.5) is 10.6 Å². The predicted molar refractivity (Wildman–Crippen MR) is 115 cm³/mol. The van der Waals surface area contributed by atoms with Crippen molar-refractivity contribution in [3.05, 3.63) is 83.6 Å². The van der Waals surface area contributed by atoms with Crippen LogP contribution in [0, 0.1) is 0 Å². The minimum atomic E-state index is -0.305. The highest BCUT2D eigenvalue weighted by Crippen LogP contribution is 2.15. The van der Waals surface area contributed by atoms with Crippen LogP contribution in [0.3, 0.4) is 0 Å². The first-order valence-electron chi connectivity index (χ1n) is 10.1. The van der Waals surface area contributed by atoms with Gasteiger partial charge in [-0.25, -0.2) is 4.79 Å². The lowest BCUT2D eigenvalue weighted by molar-refractivity contribution is -0.128. The van der Waals surface area contributed by atoms with E-state index in [4.69, 9.17) is 0 Å². The van der Waals surface area contributed by atoms with Gasteiger partial charge in [0, 0.05) is 38.3 Å². The van der Waals surface area contributed by atoms with Crippen molar-refractivity contribution in [2.45, 2.75) is 32.5 Å². The standard InChI is InChI=1S/C23H25N5O2/c29-22-10-5-12-27(22)16-20-9-4-8-19(14-20)15-24-23(30)25-21-11-13-28(26-21)17-18-6-2-1-3-7-18/h1-4,6-9,11,13-14H,5,10,12,15-17H2,(H2,24,25,26,30). The van der Waals surface area contributed by atoms with Gasteiger partial charge >= 0.3 is 6.03 Å². The van der Waals surface area contributed by atoms with Crippen LogP contribution >= 0.6 is 0 Å². The molecular weight excluding hydrogens is 378 g/mol. The second-order valence-electron chi connectivity index (χ2n) is 7.43. The molecule has 0 unspecified atom stereocenters. The Labute approximate surface area is 175 Å². The van der Waals surface area contributed by atoms with Crippen molar-refractivity contribution in [1.82, 2.24) is 20.0 Å². The quantitative estimate of drug-likeness (QED) is 0.635. The maximum absolute atomic E-state index is 12.2. The predicted octanol–water partition coefficient (Wildman–Crippen LogP) is 3.38. The fraction of sp³-hybridized carbons (Fsp3) is 0.261. The second kappa shape index (κ2) is 9.26. The molecule has 0 bridgehead atoms. The van der Waals surface area contributed by atoms with Crippen LogP contribution in [0.5, 0.6) is 0 Å². The van der Waals surface area contributed by atoms with E-state index in [1.54, 1.807) is 10.7 Å². The summed E-state index contributed by atoms with van der Waals surface area (Å²) in [6.45, 7) is 2.49. The molecule has 0 aliphatic carbocycles. The third-order valence-corrected chi connectivity index (χ3v) is 5.06. The van der Waals surface area contributed by atoms with Crippen molar-refractivity contribution in [1.29, 1.82) is 0 Å². The highest BCUT2D eigenvalue weighted by molar-refractivity contribution is 5.88. The average molecular weight is 403 g/mol. The number of nitrogens with one attached hydrogen (secondary N) is 2. The van der Waals surface area contributed by atoms with E-state index in [2.05, 4.69) is 15.7 Å². The van der Waals surface area contributed by atoms with E-state index in [1.165, 1.54) is 0 Å². The zero-order valence-electron chi connectivity index (χ0n) is 16.8. The van der Waals surface area contributed by atoms with Gasteiger partial charge in [-0.15, -0.1) is 0 Å². The summed E-state index contributed by atoms with van der Waals surface area (Å²) in [5, 5.41) is 10.0. The number of rotatable bonds is 7. The molecule has 2 aromatic carbocycles. The number of amides is 3. The first-order chi connectivity index (χ1) is 14.7. The third kappa shape index (κ3) is 5.26. The summed E-state index contributed by atoms with van der Waals surface area (Å²) in [5.74, 6) is 0.717. The minimum Gasteiger partial charge on any atom is -0.338 e. The number of aromatic nitrogens is 2. The van der Waals surface area contributed by atoms with Gasteiger partial charge in [0.25, 0.3) is 0 Å². The van der Waals surface area contributed by atoms with E-state index < -0.39 is 0 Å². The molecule has 2 N–H and O–H groups in total. The third-order valence-electron chi connectivity index (χ3n) is 5.06. The summed E-state index contributed by atoms with van der Waals surface area (Å²) in [5.41, 5.74) is 3.21. The monoisotopic (exact) mass is 403 g/mol. The number of urea groups is 1. The summed E-state index contributed by atoms with van der Waals surface area (Å²) < 4.78 is 1.79. The second-order valence-corrected chi connectivity index (χ2v) is 7.43. The highest BCUT2D eigenvalue weighted by atomic mass is 16.2. The van der Waals surface area contributed by atoms with Crippen LogP contribution in [0.1, 0.15) is 29.5 Å². The Morgan fingerprint density at radius 1 is 0.967 bits per heavy atom. The molecule has 3 amide bonds. The number of hydrogen-bond donors (Lipinski definition) is 2. The van der Waals surface area contributed by atoms with E-state index in [0.29, 0.717) is 31.9 Å². The van der Waals surface area contributed by atoms with Crippen molar-refractivity contribution < 1.29 is 9.59 Å². The molecule has 7 heteroatoms. The summed E-state index contributed by atoms with van der Waals surface area (Å²) >= 11 is 0. The number of hydrogen-bond acceptors (Lipinski definition) is 3. The van der Waals surface area contributed by atoms with Crippen molar-refractivity contribution >= 4 is 17.8 Å². The van der Waals surface area contributed by atoms with Crippen LogP contribution in [-0.4, -0.2) is 33.2 Å². The van der Waals surface area contributed by atoms with Crippen LogP contribution in [-0.2, 0) is 24.4 Å². The Morgan fingerprint density at radius 2 is 1.77 bits per heavy atom. The summed E-state index contributed by atoms with van der Waals surface area (Å²) in [7, 11) is 0. The molecule has 7 nitrogen and oxygen atoms in total. The van der Waals surface area contributed by atoms with Gasteiger partial charge in [0.15, 0.2) is 5.82 Å². The van der Waals surface area contributed by atoms with Crippen molar-refractivity contribution in [3.63, 3.8) is 0 Å². The Morgan fingerprint density at radius 3 is 2.57 bits per heavy atom. The number of likely N-dealkylation sites (tertiary alicyclic amines) is 1. The Hall–Kier alpha value is -3.61. The van der Waals surface area contributed by atoms with Gasteiger partial charge in [0.1, 0.15) is 0 Å². The van der Waals surface area contributed by atoms with Gasteiger partial charge in [0.05, 0.1) is 6.54 Å². The lowest BCUT2D eigenvalue weighted by Gasteiger charge is -2.16. The number of nitrogens with zero attached hydrogens (tertiary/aromatic N) is 3. The average Bonchev–Trinajstić information content (AvgIpc) is 3.36. The largest absolute Gasteiger partial charge is 0.338 e. The van der Waals surface area contributed by atoms with Crippen molar-refractivity contribution in [3.8, 4) is 0 Å². The van der Waals surface area contributed by atoms with Crippen LogP contribution in [0.15, 0.2) is 66.9 Å². The van der Waals surface area contributed by atoms with E-state index in [9.17, 15) is 9.59 Å². The van der Waals surface area contributed by atoms with Gasteiger partial charge in [-0.2, -0.15) is 5.10 Å². The lowest BCUT2D eigenvalue weighted by Crippen LogP contribution is -2.28. The van der Waals surface area contributed by atoms with Gasteiger partial charge < -0.3 is 10.2 Å². The molecular formula is C23H25N5O2. The topological polar surface area (TPSA) is 79.3 Å². The molecule has 154 valence electrons. The smallest absolute Gasteiger partial charge is 0.320 e. The van der Waals surface area contributed by atoms with Crippen LogP contribution < -0.4 is 10.6 Å². The molecule has 0 spiro atoms. The Balaban J connectivity index is 1.27. The van der Waals surface area contributed by atoms with E-state index >= 15 is 0 Å². The zero-order valence-corrected chi connectivity index (χ0v) is 16.8. The lowest BCUT2D eigenvalue weighted by atomic mass is 10.1. The van der Waals surface area contributed by atoms with Gasteiger partial charge in [-0.05, 0) is 23.1 Å². The maximum Gasteiger partial charge on any atom is 0.320 e. The molecule has 4 rings (SSSR count). The molecule has 1 aliphatic heterocycles. The summed E-state index contributed by atoms with van der Waals surface area (Å²) in [6.07, 6.45) is 3.41. The number of carbonyl (C=O) groups excluding carboxylic acids is 2. The summed E-state index contributed by atoms with van der Waals surface area (Å²) in [6, 6.07) is 19.5. The van der Waals surface area contributed by atoms with Gasteiger partial charge in [-0.1, -0.05) is 54.6 Å². The molecule has 30 heavy (non-hydrogen) atoms. The first-order valence-corrected chi connectivity index (χ1v) is 10.1. The molecule has 1 aromatic heterocycles. The van der Waals surface area contributed by atoms with Crippen molar-refractivity contribution in [2.24, 2.45) is 0 Å². The Bertz CT molecular complexity index is 1020. The molecule has 2 heterocycles. The fourth-order valence-electron chi connectivity index (χ4n) is 3.56. The first kappa shape index (κ1) is 19.7. The van der Waals surface area contributed by atoms with Crippen molar-refractivity contribution in [2.75, 3.05) is 11.9 Å². The maximum atomic E-state index is 12.2. The zero-order chi connectivity index (χ0) is 20.8. The summed E-state index contributed by atoms with van der Waals surface area (Å²) in [4.78, 5) is 25.9. The van der Waals surface area contributed by atoms with E-state index in [1.807, 2.05) is 65.7 Å². The number of anilines is 1. The fourth-order valence-corrected chi connectivity index (χ4v) is 3.56. The SMILES string of the molecule is O=C(NCc1cccc(CN2CCCC2=O)c1)Nc1ccn(Cc2ccccc2)n1. The molecule has 1 aliphatic rings. The molecule has 0 atom stereocenters. The highest BCUT2D eigenvalue weighted by Gasteiger charge is 2.19.